The first-order valence-electron chi connectivity index (χ1n) is 12.1. The number of carbonyl (C=O) groups excluding carboxylic acids is 2. The third kappa shape index (κ3) is 7.81. The van der Waals surface area contributed by atoms with Gasteiger partial charge in [-0.2, -0.15) is 11.3 Å². The zero-order valence-electron chi connectivity index (χ0n) is 20.1. The van der Waals surface area contributed by atoms with Gasteiger partial charge in [-0.05, 0) is 73.2 Å². The van der Waals surface area contributed by atoms with E-state index in [2.05, 4.69) is 22.1 Å². The molecule has 1 aromatic carbocycles. The van der Waals surface area contributed by atoms with Gasteiger partial charge in [0.05, 0.1) is 11.4 Å². The maximum atomic E-state index is 12.9. The second-order valence-corrected chi connectivity index (χ2v) is 9.21. The van der Waals surface area contributed by atoms with Gasteiger partial charge in [0.25, 0.3) is 5.91 Å². The molecule has 0 aliphatic carbocycles. The summed E-state index contributed by atoms with van der Waals surface area (Å²) in [6, 6.07) is 9.18. The van der Waals surface area contributed by atoms with Gasteiger partial charge in [0, 0.05) is 38.0 Å². The first-order valence-corrected chi connectivity index (χ1v) is 13.0. The van der Waals surface area contributed by atoms with Crippen LogP contribution < -0.4 is 16.4 Å². The van der Waals surface area contributed by atoms with Crippen LogP contribution in [0.4, 0.5) is 11.4 Å². The second kappa shape index (κ2) is 13.9. The zero-order valence-corrected chi connectivity index (χ0v) is 20.9. The Kier molecular flexibility index (Phi) is 10.6. The summed E-state index contributed by atoms with van der Waals surface area (Å²) in [6.07, 6.45) is 4.29. The van der Waals surface area contributed by atoms with Crippen molar-refractivity contribution in [3.63, 3.8) is 0 Å². The lowest BCUT2D eigenvalue weighted by molar-refractivity contribution is -0.166. The number of aliphatic hydroxyl groups is 1. The molecular formula is C26H35N3O5S. The Morgan fingerprint density at radius 2 is 2.03 bits per heavy atom. The van der Waals surface area contributed by atoms with Crippen molar-refractivity contribution in [1.82, 2.24) is 5.32 Å². The lowest BCUT2D eigenvalue weighted by atomic mass is 9.81. The van der Waals surface area contributed by atoms with Gasteiger partial charge < -0.3 is 30.9 Å². The number of anilines is 2. The van der Waals surface area contributed by atoms with Crippen LogP contribution in [-0.2, 0) is 19.1 Å². The van der Waals surface area contributed by atoms with Crippen LogP contribution in [-0.4, -0.2) is 43.0 Å². The van der Waals surface area contributed by atoms with Crippen LogP contribution in [0.3, 0.4) is 0 Å². The molecule has 3 rings (SSSR count). The summed E-state index contributed by atoms with van der Waals surface area (Å²) in [5.41, 5.74) is 8.10. The van der Waals surface area contributed by atoms with Crippen molar-refractivity contribution in [1.29, 1.82) is 0 Å². The van der Waals surface area contributed by atoms with Crippen LogP contribution in [0, 0.1) is 5.92 Å². The molecule has 0 radical (unpaired) electrons. The van der Waals surface area contributed by atoms with Crippen molar-refractivity contribution in [3.05, 3.63) is 58.5 Å². The van der Waals surface area contributed by atoms with Crippen molar-refractivity contribution in [2.75, 3.05) is 30.8 Å². The summed E-state index contributed by atoms with van der Waals surface area (Å²) < 4.78 is 11.8. The molecular weight excluding hydrogens is 466 g/mol. The van der Waals surface area contributed by atoms with E-state index in [9.17, 15) is 14.7 Å². The lowest BCUT2D eigenvalue weighted by Gasteiger charge is -2.36. The Hall–Kier alpha value is -2.88. The predicted octanol–water partition coefficient (Wildman–Crippen LogP) is 4.00. The molecule has 0 bridgehead atoms. The van der Waals surface area contributed by atoms with E-state index in [1.54, 1.807) is 23.5 Å². The zero-order chi connectivity index (χ0) is 25.0. The highest BCUT2D eigenvalue weighted by Gasteiger charge is 2.37. The van der Waals surface area contributed by atoms with Gasteiger partial charge in [0.2, 0.25) is 12.2 Å². The second-order valence-electron chi connectivity index (χ2n) is 8.43. The highest BCUT2D eigenvalue weighted by atomic mass is 32.1. The first kappa shape index (κ1) is 26.7. The van der Waals surface area contributed by atoms with Crippen molar-refractivity contribution in [2.24, 2.45) is 5.92 Å². The van der Waals surface area contributed by atoms with E-state index < -0.39 is 6.29 Å². The highest BCUT2D eigenvalue weighted by Crippen LogP contribution is 2.40. The van der Waals surface area contributed by atoms with Crippen molar-refractivity contribution in [2.45, 2.75) is 51.2 Å². The van der Waals surface area contributed by atoms with Crippen LogP contribution in [0.1, 0.15) is 50.5 Å². The molecule has 8 nitrogen and oxygen atoms in total. The van der Waals surface area contributed by atoms with Crippen LogP contribution in [0.5, 0.6) is 0 Å². The van der Waals surface area contributed by atoms with Crippen LogP contribution in [0.2, 0.25) is 0 Å². The van der Waals surface area contributed by atoms with Gasteiger partial charge >= 0.3 is 0 Å². The van der Waals surface area contributed by atoms with E-state index in [0.717, 1.165) is 12.0 Å². The monoisotopic (exact) mass is 501 g/mol. The Morgan fingerprint density at radius 1 is 1.20 bits per heavy atom. The average molecular weight is 502 g/mol. The number of aliphatic hydroxyl groups excluding tert-OH is 1. The topological polar surface area (TPSA) is 123 Å². The minimum absolute atomic E-state index is 0.00501. The standard InChI is InChI=1S/C26H35N3O5S/c1-2-33-26-19(8-7-14-30)20(18-12-15-35-17-18)16-23(34-26)25(32)28-13-6-5-11-24(31)29-22-10-4-3-9-21(22)27/h3-4,9-10,12,15-17,19-20,26,30H,2,5-8,11,13-14,27H2,1H3,(H,28,32)(H,29,31)/t19-,20-,26-/m0/s1. The number of nitrogen functional groups attached to an aromatic ring is 1. The molecule has 0 spiro atoms. The number of allylic oxidation sites excluding steroid dienone is 1. The summed E-state index contributed by atoms with van der Waals surface area (Å²) in [5.74, 6) is -0.188. The summed E-state index contributed by atoms with van der Waals surface area (Å²) in [5, 5.41) is 19.1. The third-order valence-corrected chi connectivity index (χ3v) is 6.62. The number of nitrogens with one attached hydrogen (secondary N) is 2. The van der Waals surface area contributed by atoms with Crippen LogP contribution in [0.15, 0.2) is 52.9 Å². The molecule has 0 unspecified atom stereocenters. The summed E-state index contributed by atoms with van der Waals surface area (Å²) in [6.45, 7) is 2.88. The highest BCUT2D eigenvalue weighted by molar-refractivity contribution is 7.08. The van der Waals surface area contributed by atoms with Gasteiger partial charge in [0.15, 0.2) is 5.76 Å². The number of thiophene rings is 1. The first-order chi connectivity index (χ1) is 17.0. The number of ether oxygens (including phenoxy) is 2. The molecule has 1 aromatic heterocycles. The van der Waals surface area contributed by atoms with Gasteiger partial charge in [-0.1, -0.05) is 12.1 Å². The minimum Gasteiger partial charge on any atom is -0.459 e. The molecule has 190 valence electrons. The van der Waals surface area contributed by atoms with Crippen LogP contribution >= 0.6 is 11.3 Å². The molecule has 1 aliphatic heterocycles. The Bertz CT molecular complexity index is 979. The molecule has 3 atom stereocenters. The number of unbranched alkanes of at least 4 members (excludes halogenated alkanes) is 1. The fraction of sp³-hybridized carbons (Fsp3) is 0.462. The summed E-state index contributed by atoms with van der Waals surface area (Å²) in [4.78, 5) is 25.0. The lowest BCUT2D eigenvalue weighted by Crippen LogP contribution is -2.39. The molecule has 0 saturated carbocycles. The van der Waals surface area contributed by atoms with E-state index in [1.807, 2.05) is 30.5 Å². The van der Waals surface area contributed by atoms with E-state index in [4.69, 9.17) is 15.2 Å². The molecule has 9 heteroatoms. The quantitative estimate of drug-likeness (QED) is 0.243. The molecule has 0 fully saturated rings. The number of hydrogen-bond acceptors (Lipinski definition) is 7. The molecule has 5 N–H and O–H groups in total. The maximum absolute atomic E-state index is 12.9. The van der Waals surface area contributed by atoms with E-state index in [0.29, 0.717) is 50.2 Å². The molecule has 0 saturated heterocycles. The van der Waals surface area contributed by atoms with Crippen molar-refractivity contribution < 1.29 is 24.2 Å². The molecule has 2 aromatic rings. The SMILES string of the molecule is CCO[C@H]1OC(C(=O)NCCCCC(=O)Nc2ccccc2N)=C[C@@H](c2ccsc2)[C@@H]1CCCO. The van der Waals surface area contributed by atoms with Gasteiger partial charge in [-0.3, -0.25) is 9.59 Å². The largest absolute Gasteiger partial charge is 0.459 e. The van der Waals surface area contributed by atoms with E-state index >= 15 is 0 Å². The van der Waals surface area contributed by atoms with Gasteiger partial charge in [0.1, 0.15) is 0 Å². The summed E-state index contributed by atoms with van der Waals surface area (Å²) >= 11 is 1.61. The number of para-hydroxylation sites is 2. The number of rotatable bonds is 13. The molecule has 2 heterocycles. The number of carbonyl (C=O) groups is 2. The number of benzene rings is 1. The van der Waals surface area contributed by atoms with Crippen LogP contribution in [0.25, 0.3) is 0 Å². The number of amides is 2. The normalized spacial score (nSPS) is 19.5. The van der Waals surface area contributed by atoms with Crippen molar-refractivity contribution >= 4 is 34.5 Å². The fourth-order valence-corrected chi connectivity index (χ4v) is 4.84. The van der Waals surface area contributed by atoms with Crippen molar-refractivity contribution in [3.8, 4) is 0 Å². The Balaban J connectivity index is 1.52. The molecule has 2 amide bonds. The smallest absolute Gasteiger partial charge is 0.286 e. The van der Waals surface area contributed by atoms with E-state index in [-0.39, 0.29) is 36.0 Å². The number of hydrogen-bond donors (Lipinski definition) is 4. The fourth-order valence-electron chi connectivity index (χ4n) is 4.13. The van der Waals surface area contributed by atoms with Gasteiger partial charge in [-0.15, -0.1) is 0 Å². The summed E-state index contributed by atoms with van der Waals surface area (Å²) in [7, 11) is 0. The predicted molar refractivity (Wildman–Crippen MR) is 138 cm³/mol. The molecule has 35 heavy (non-hydrogen) atoms. The molecule has 1 aliphatic rings. The average Bonchev–Trinajstić information content (AvgIpc) is 3.39. The number of nitrogens with two attached hydrogens (primary N) is 1. The Labute approximate surface area is 210 Å². The maximum Gasteiger partial charge on any atom is 0.286 e. The van der Waals surface area contributed by atoms with E-state index in [1.165, 1.54) is 0 Å². The Morgan fingerprint density at radius 3 is 2.74 bits per heavy atom. The minimum atomic E-state index is -0.559. The van der Waals surface area contributed by atoms with Gasteiger partial charge in [-0.25, -0.2) is 0 Å². The third-order valence-electron chi connectivity index (χ3n) is 5.91.